The number of rotatable bonds is 6. The Morgan fingerprint density at radius 2 is 1.52 bits per heavy atom. The summed E-state index contributed by atoms with van der Waals surface area (Å²) in [5, 5.41) is 3.35. The molecule has 6 rings (SSSR count). The summed E-state index contributed by atoms with van der Waals surface area (Å²) < 4.78 is 0. The largest absolute Gasteiger partial charge is 0.353 e. The minimum absolute atomic E-state index is 0.0167. The van der Waals surface area contributed by atoms with Crippen molar-refractivity contribution >= 4 is 17.7 Å². The molecule has 0 radical (unpaired) electrons. The van der Waals surface area contributed by atoms with Crippen molar-refractivity contribution in [3.05, 3.63) is 0 Å². The lowest BCUT2D eigenvalue weighted by atomic mass is 9.47. The molecule has 5 nitrogen and oxygen atoms in total. The normalized spacial score (nSPS) is 41.6. The van der Waals surface area contributed by atoms with Gasteiger partial charge in [-0.2, -0.15) is 0 Å². The molecule has 5 aliphatic carbocycles. The van der Waals surface area contributed by atoms with Crippen LogP contribution in [0.15, 0.2) is 0 Å². The van der Waals surface area contributed by atoms with E-state index in [0.29, 0.717) is 5.41 Å². The second-order valence-corrected chi connectivity index (χ2v) is 10.9. The fourth-order valence-corrected chi connectivity index (χ4v) is 8.22. The number of carbonyl (C=O) groups excluding carboxylic acids is 3. The summed E-state index contributed by atoms with van der Waals surface area (Å²) in [6, 6.07) is 0.246. The molecule has 5 heteroatoms. The van der Waals surface area contributed by atoms with E-state index in [4.69, 9.17) is 0 Å². The highest BCUT2D eigenvalue weighted by molar-refractivity contribution is 6.05. The standard InChI is InChI=1S/C24H36N2O3/c1-2-20(24-12-15-9-16(13-24)11-17(10-15)14-24)25-21(27)7-8-26-22(28)18-5-3-4-6-19(18)23(26)29/h15-20H,2-14H2,1H3,(H,25,27)/t15?,16?,17?,18-,19+,20-,24?/m1/s1. The number of carbonyl (C=O) groups is 3. The van der Waals surface area contributed by atoms with Crippen molar-refractivity contribution in [2.45, 2.75) is 90.0 Å². The summed E-state index contributed by atoms with van der Waals surface area (Å²) in [5.74, 6) is 2.34. The molecular weight excluding hydrogens is 364 g/mol. The first-order valence-electron chi connectivity index (χ1n) is 12.1. The molecule has 5 saturated carbocycles. The molecular formula is C24H36N2O3. The van der Waals surface area contributed by atoms with Gasteiger partial charge >= 0.3 is 0 Å². The van der Waals surface area contributed by atoms with E-state index in [1.54, 1.807) is 0 Å². The number of imide groups is 1. The van der Waals surface area contributed by atoms with E-state index in [1.807, 2.05) is 0 Å². The minimum Gasteiger partial charge on any atom is -0.353 e. The molecule has 3 amide bonds. The van der Waals surface area contributed by atoms with E-state index in [1.165, 1.54) is 43.4 Å². The fourth-order valence-electron chi connectivity index (χ4n) is 8.22. The topological polar surface area (TPSA) is 66.5 Å². The van der Waals surface area contributed by atoms with Crippen molar-refractivity contribution in [3.8, 4) is 0 Å². The van der Waals surface area contributed by atoms with Crippen LogP contribution in [0.3, 0.4) is 0 Å². The summed E-state index contributed by atoms with van der Waals surface area (Å²) in [6.07, 6.45) is 13.0. The van der Waals surface area contributed by atoms with Crippen molar-refractivity contribution in [2.75, 3.05) is 6.54 Å². The van der Waals surface area contributed by atoms with Gasteiger partial charge in [0.05, 0.1) is 11.8 Å². The monoisotopic (exact) mass is 400 g/mol. The van der Waals surface area contributed by atoms with Crippen LogP contribution in [0.1, 0.15) is 84.0 Å². The van der Waals surface area contributed by atoms with Crippen LogP contribution < -0.4 is 5.32 Å². The molecule has 0 unspecified atom stereocenters. The van der Waals surface area contributed by atoms with Gasteiger partial charge in [0, 0.05) is 19.0 Å². The predicted octanol–water partition coefficient (Wildman–Crippen LogP) is 3.66. The second kappa shape index (κ2) is 7.39. The lowest BCUT2D eigenvalue weighted by molar-refractivity contribution is -0.140. The number of fused-ring (bicyclic) bond motifs is 1. The molecule has 0 aromatic heterocycles. The lowest BCUT2D eigenvalue weighted by Gasteiger charge is -2.59. The van der Waals surface area contributed by atoms with Crippen LogP contribution in [0.5, 0.6) is 0 Å². The van der Waals surface area contributed by atoms with Gasteiger partial charge in [0.2, 0.25) is 17.7 Å². The number of nitrogens with zero attached hydrogens (tertiary/aromatic N) is 1. The Morgan fingerprint density at radius 3 is 2.00 bits per heavy atom. The summed E-state index contributed by atoms with van der Waals surface area (Å²) in [7, 11) is 0. The van der Waals surface area contributed by atoms with Crippen molar-refractivity contribution in [1.29, 1.82) is 0 Å². The van der Waals surface area contributed by atoms with Crippen LogP contribution in [-0.2, 0) is 14.4 Å². The highest BCUT2D eigenvalue weighted by Gasteiger charge is 2.54. The number of amides is 3. The van der Waals surface area contributed by atoms with Crippen molar-refractivity contribution < 1.29 is 14.4 Å². The first-order valence-corrected chi connectivity index (χ1v) is 12.1. The van der Waals surface area contributed by atoms with E-state index in [0.717, 1.165) is 49.9 Å². The molecule has 1 saturated heterocycles. The fraction of sp³-hybridized carbons (Fsp3) is 0.875. The average molecular weight is 401 g/mol. The zero-order valence-corrected chi connectivity index (χ0v) is 17.8. The maximum atomic E-state index is 12.8. The van der Waals surface area contributed by atoms with Gasteiger partial charge in [-0.15, -0.1) is 0 Å². The number of nitrogens with one attached hydrogen (secondary N) is 1. The summed E-state index contributed by atoms with van der Waals surface area (Å²) >= 11 is 0. The third-order valence-electron chi connectivity index (χ3n) is 9.06. The Hall–Kier alpha value is -1.39. The number of likely N-dealkylation sites (tertiary alicyclic amines) is 1. The smallest absolute Gasteiger partial charge is 0.233 e. The molecule has 4 bridgehead atoms. The van der Waals surface area contributed by atoms with Gasteiger partial charge in [-0.05, 0) is 81.0 Å². The summed E-state index contributed by atoms with van der Waals surface area (Å²) in [6.45, 7) is 2.45. The van der Waals surface area contributed by atoms with E-state index < -0.39 is 0 Å². The minimum atomic E-state index is -0.116. The SMILES string of the molecule is CC[C@@H](NC(=O)CCN1C(=O)[C@H]2CCCC[C@H]2C1=O)C12CC3CC(CC(C3)C1)C2. The van der Waals surface area contributed by atoms with Gasteiger partial charge in [-0.25, -0.2) is 0 Å². The Bertz CT molecular complexity index is 643. The van der Waals surface area contributed by atoms with E-state index in [9.17, 15) is 14.4 Å². The number of hydrogen-bond acceptors (Lipinski definition) is 3. The van der Waals surface area contributed by atoms with E-state index in [-0.39, 0.29) is 48.6 Å². The zero-order valence-electron chi connectivity index (χ0n) is 17.8. The zero-order chi connectivity index (χ0) is 20.2. The molecule has 29 heavy (non-hydrogen) atoms. The van der Waals surface area contributed by atoms with Crippen LogP contribution in [0.2, 0.25) is 0 Å². The Kier molecular flexibility index (Phi) is 4.98. The van der Waals surface area contributed by atoms with Crippen molar-refractivity contribution in [1.82, 2.24) is 10.2 Å². The Labute approximate surface area is 174 Å². The van der Waals surface area contributed by atoms with Gasteiger partial charge in [0.1, 0.15) is 0 Å². The van der Waals surface area contributed by atoms with Crippen molar-refractivity contribution in [3.63, 3.8) is 0 Å². The first kappa shape index (κ1) is 19.6. The maximum Gasteiger partial charge on any atom is 0.233 e. The third kappa shape index (κ3) is 3.33. The van der Waals surface area contributed by atoms with E-state index >= 15 is 0 Å². The summed E-state index contributed by atoms with van der Waals surface area (Å²) in [5.41, 5.74) is 0.299. The predicted molar refractivity (Wildman–Crippen MR) is 110 cm³/mol. The van der Waals surface area contributed by atoms with Gasteiger partial charge < -0.3 is 5.32 Å². The van der Waals surface area contributed by atoms with Gasteiger partial charge in [0.15, 0.2) is 0 Å². The quantitative estimate of drug-likeness (QED) is 0.692. The molecule has 0 aromatic carbocycles. The highest BCUT2D eigenvalue weighted by Crippen LogP contribution is 2.61. The first-order chi connectivity index (χ1) is 14.0. The molecule has 1 N–H and O–H groups in total. The van der Waals surface area contributed by atoms with E-state index in [2.05, 4.69) is 12.2 Å². The second-order valence-electron chi connectivity index (χ2n) is 10.9. The molecule has 6 fully saturated rings. The average Bonchev–Trinajstić information content (AvgIpc) is 2.94. The maximum absolute atomic E-state index is 12.8. The molecule has 1 heterocycles. The molecule has 0 spiro atoms. The molecule has 6 aliphatic rings. The molecule has 0 aromatic rings. The van der Waals surface area contributed by atoms with Crippen LogP contribution in [0.4, 0.5) is 0 Å². The third-order valence-corrected chi connectivity index (χ3v) is 9.06. The molecule has 1 aliphatic heterocycles. The molecule has 3 atom stereocenters. The molecule has 160 valence electrons. The van der Waals surface area contributed by atoms with Crippen LogP contribution in [0, 0.1) is 35.0 Å². The van der Waals surface area contributed by atoms with Crippen LogP contribution in [0.25, 0.3) is 0 Å². The van der Waals surface area contributed by atoms with Gasteiger partial charge in [-0.3, -0.25) is 19.3 Å². The number of hydrogen-bond donors (Lipinski definition) is 1. The Balaban J connectivity index is 1.19. The van der Waals surface area contributed by atoms with Gasteiger partial charge in [-0.1, -0.05) is 19.8 Å². The van der Waals surface area contributed by atoms with Crippen LogP contribution in [-0.4, -0.2) is 35.2 Å². The summed E-state index contributed by atoms with van der Waals surface area (Å²) in [4.78, 5) is 39.5. The highest BCUT2D eigenvalue weighted by atomic mass is 16.2. The Morgan fingerprint density at radius 1 is 1.00 bits per heavy atom. The van der Waals surface area contributed by atoms with Crippen LogP contribution >= 0.6 is 0 Å². The van der Waals surface area contributed by atoms with Gasteiger partial charge in [0.25, 0.3) is 0 Å². The lowest BCUT2D eigenvalue weighted by Crippen LogP contribution is -2.56. The van der Waals surface area contributed by atoms with Crippen molar-refractivity contribution in [2.24, 2.45) is 35.0 Å².